The summed E-state index contributed by atoms with van der Waals surface area (Å²) in [6.45, 7) is 1.91. The molecule has 1 amide bonds. The average Bonchev–Trinajstić information content (AvgIpc) is 2.39. The maximum Gasteiger partial charge on any atom is 0.314 e. The minimum atomic E-state index is -1.23. The van der Waals surface area contributed by atoms with Crippen LogP contribution in [0.5, 0.6) is 0 Å². The van der Waals surface area contributed by atoms with Gasteiger partial charge in [-0.15, -0.1) is 12.3 Å². The summed E-state index contributed by atoms with van der Waals surface area (Å²) < 4.78 is 0. The fourth-order valence-electron chi connectivity index (χ4n) is 1.76. The van der Waals surface area contributed by atoms with Crippen LogP contribution in [0.2, 0.25) is 0 Å². The summed E-state index contributed by atoms with van der Waals surface area (Å²) in [7, 11) is 0. The molecule has 0 saturated heterocycles. The fraction of sp³-hybridized carbons (Fsp3) is 0.333. The number of terminal acetylenes is 1. The largest absolute Gasteiger partial charge is 0.481 e. The van der Waals surface area contributed by atoms with Crippen molar-refractivity contribution in [3.63, 3.8) is 0 Å². The third kappa shape index (κ3) is 3.85. The lowest BCUT2D eigenvalue weighted by molar-refractivity contribution is -0.145. The Hall–Kier alpha value is -2.28. The van der Waals surface area contributed by atoms with Gasteiger partial charge in [-0.05, 0) is 12.5 Å². The van der Waals surface area contributed by atoms with Crippen molar-refractivity contribution in [1.82, 2.24) is 5.32 Å². The van der Waals surface area contributed by atoms with Crippen LogP contribution < -0.4 is 5.32 Å². The molecule has 1 atom stereocenters. The van der Waals surface area contributed by atoms with Crippen molar-refractivity contribution in [1.29, 1.82) is 0 Å². The molecule has 0 aliphatic carbocycles. The summed E-state index contributed by atoms with van der Waals surface area (Å²) in [6.07, 6.45) is 5.40. The number of nitrogens with one attached hydrogen (secondary N) is 1. The smallest absolute Gasteiger partial charge is 0.314 e. The average molecular weight is 259 g/mol. The zero-order chi connectivity index (χ0) is 14.3. The molecule has 1 aromatic carbocycles. The first-order chi connectivity index (χ1) is 9.00. The number of carbonyl (C=O) groups excluding carboxylic acids is 1. The monoisotopic (exact) mass is 259 g/mol. The molecule has 0 bridgehead atoms. The Morgan fingerprint density at radius 2 is 2.00 bits per heavy atom. The molecule has 1 rings (SSSR count). The predicted octanol–water partition coefficient (Wildman–Crippen LogP) is 1.56. The van der Waals surface area contributed by atoms with Gasteiger partial charge in [0.25, 0.3) is 0 Å². The standard InChI is InChI=1S/C15H17NO3/c1-3-4-10-16-13(17)11-15(2,14(18)19)12-8-6-5-7-9-12/h1,5-9H,4,10-11H2,2H3,(H,16,17)(H,18,19). The maximum atomic E-state index is 11.8. The van der Waals surface area contributed by atoms with Crippen LogP contribution in [0.15, 0.2) is 30.3 Å². The first-order valence-electron chi connectivity index (χ1n) is 6.00. The lowest BCUT2D eigenvalue weighted by Crippen LogP contribution is -2.39. The lowest BCUT2D eigenvalue weighted by atomic mass is 9.79. The van der Waals surface area contributed by atoms with Gasteiger partial charge in [0, 0.05) is 19.4 Å². The van der Waals surface area contributed by atoms with Gasteiger partial charge >= 0.3 is 5.97 Å². The van der Waals surface area contributed by atoms with E-state index < -0.39 is 11.4 Å². The maximum absolute atomic E-state index is 11.8. The molecule has 0 heterocycles. The molecule has 4 heteroatoms. The van der Waals surface area contributed by atoms with E-state index in [-0.39, 0.29) is 12.3 Å². The Balaban J connectivity index is 2.82. The highest BCUT2D eigenvalue weighted by Crippen LogP contribution is 2.27. The number of aliphatic carboxylic acids is 1. The normalized spacial score (nSPS) is 13.1. The Morgan fingerprint density at radius 3 is 2.53 bits per heavy atom. The van der Waals surface area contributed by atoms with Crippen molar-refractivity contribution in [2.75, 3.05) is 6.54 Å². The van der Waals surface area contributed by atoms with Crippen LogP contribution in [-0.2, 0) is 15.0 Å². The highest BCUT2D eigenvalue weighted by molar-refractivity contribution is 5.89. The van der Waals surface area contributed by atoms with E-state index in [1.807, 2.05) is 0 Å². The second-order valence-electron chi connectivity index (χ2n) is 4.48. The molecule has 2 N–H and O–H groups in total. The van der Waals surface area contributed by atoms with Crippen molar-refractivity contribution in [2.45, 2.75) is 25.2 Å². The van der Waals surface area contributed by atoms with Gasteiger partial charge < -0.3 is 10.4 Å². The molecule has 0 fully saturated rings. The topological polar surface area (TPSA) is 66.4 Å². The van der Waals surface area contributed by atoms with Crippen molar-refractivity contribution >= 4 is 11.9 Å². The molecule has 0 aromatic heterocycles. The molecule has 0 radical (unpaired) electrons. The molecule has 19 heavy (non-hydrogen) atoms. The van der Waals surface area contributed by atoms with E-state index in [9.17, 15) is 14.7 Å². The minimum Gasteiger partial charge on any atom is -0.481 e. The summed E-state index contributed by atoms with van der Waals surface area (Å²) in [6, 6.07) is 8.74. The SMILES string of the molecule is C#CCCNC(=O)CC(C)(C(=O)O)c1ccccc1. The Kier molecular flexibility index (Phi) is 5.13. The Morgan fingerprint density at radius 1 is 1.37 bits per heavy atom. The van der Waals surface area contributed by atoms with Crippen LogP contribution in [0.4, 0.5) is 0 Å². The third-order valence-corrected chi connectivity index (χ3v) is 2.99. The zero-order valence-corrected chi connectivity index (χ0v) is 10.8. The first kappa shape index (κ1) is 14.8. The molecule has 0 spiro atoms. The summed E-state index contributed by atoms with van der Waals surface area (Å²) >= 11 is 0. The van der Waals surface area contributed by atoms with Gasteiger partial charge in [0.05, 0.1) is 5.41 Å². The molecular weight excluding hydrogens is 242 g/mol. The van der Waals surface area contributed by atoms with E-state index in [0.29, 0.717) is 18.5 Å². The third-order valence-electron chi connectivity index (χ3n) is 2.99. The van der Waals surface area contributed by atoms with Crippen LogP contribution >= 0.6 is 0 Å². The number of benzene rings is 1. The van der Waals surface area contributed by atoms with Gasteiger partial charge in [-0.25, -0.2) is 0 Å². The minimum absolute atomic E-state index is 0.114. The Bertz CT molecular complexity index is 490. The summed E-state index contributed by atoms with van der Waals surface area (Å²) in [5, 5.41) is 12.0. The Labute approximate surface area is 112 Å². The van der Waals surface area contributed by atoms with E-state index in [2.05, 4.69) is 11.2 Å². The molecular formula is C15H17NO3. The highest BCUT2D eigenvalue weighted by Gasteiger charge is 2.37. The van der Waals surface area contributed by atoms with Crippen LogP contribution in [0.3, 0.4) is 0 Å². The van der Waals surface area contributed by atoms with E-state index in [0.717, 1.165) is 0 Å². The van der Waals surface area contributed by atoms with Crippen molar-refractivity contribution in [3.8, 4) is 12.3 Å². The number of hydrogen-bond donors (Lipinski definition) is 2. The second kappa shape index (κ2) is 6.60. The van der Waals surface area contributed by atoms with E-state index >= 15 is 0 Å². The number of rotatable bonds is 6. The number of hydrogen-bond acceptors (Lipinski definition) is 2. The number of amides is 1. The predicted molar refractivity (Wildman–Crippen MR) is 72.5 cm³/mol. The van der Waals surface area contributed by atoms with Gasteiger partial charge in [0.15, 0.2) is 0 Å². The van der Waals surface area contributed by atoms with Crippen LogP contribution in [0, 0.1) is 12.3 Å². The zero-order valence-electron chi connectivity index (χ0n) is 10.8. The molecule has 0 saturated carbocycles. The summed E-state index contributed by atoms with van der Waals surface area (Å²) in [5.74, 6) is 1.07. The van der Waals surface area contributed by atoms with E-state index in [1.54, 1.807) is 37.3 Å². The van der Waals surface area contributed by atoms with Gasteiger partial charge in [-0.3, -0.25) is 9.59 Å². The van der Waals surface area contributed by atoms with Crippen LogP contribution in [-0.4, -0.2) is 23.5 Å². The van der Waals surface area contributed by atoms with Crippen molar-refractivity contribution < 1.29 is 14.7 Å². The highest BCUT2D eigenvalue weighted by atomic mass is 16.4. The molecule has 100 valence electrons. The number of carboxylic acids is 1. The molecule has 1 unspecified atom stereocenters. The van der Waals surface area contributed by atoms with E-state index in [4.69, 9.17) is 6.42 Å². The summed E-state index contributed by atoms with van der Waals surface area (Å²) in [5.41, 5.74) is -0.629. The van der Waals surface area contributed by atoms with Crippen molar-refractivity contribution in [2.24, 2.45) is 0 Å². The molecule has 1 aromatic rings. The lowest BCUT2D eigenvalue weighted by Gasteiger charge is -2.24. The van der Waals surface area contributed by atoms with Gasteiger partial charge in [0.2, 0.25) is 5.91 Å². The number of carbonyl (C=O) groups is 2. The van der Waals surface area contributed by atoms with Crippen molar-refractivity contribution in [3.05, 3.63) is 35.9 Å². The fourth-order valence-corrected chi connectivity index (χ4v) is 1.76. The summed E-state index contributed by atoms with van der Waals surface area (Å²) in [4.78, 5) is 23.2. The van der Waals surface area contributed by atoms with Gasteiger partial charge in [-0.2, -0.15) is 0 Å². The first-order valence-corrected chi connectivity index (χ1v) is 6.00. The molecule has 4 nitrogen and oxygen atoms in total. The number of carboxylic acid groups (broad SMARTS) is 1. The quantitative estimate of drug-likeness (QED) is 0.602. The molecule has 0 aliphatic rings. The second-order valence-corrected chi connectivity index (χ2v) is 4.48. The van der Waals surface area contributed by atoms with Gasteiger partial charge in [0.1, 0.15) is 0 Å². The van der Waals surface area contributed by atoms with Crippen LogP contribution in [0.25, 0.3) is 0 Å². The molecule has 0 aliphatic heterocycles. The van der Waals surface area contributed by atoms with Gasteiger partial charge in [-0.1, -0.05) is 30.3 Å². The van der Waals surface area contributed by atoms with E-state index in [1.165, 1.54) is 0 Å². The van der Waals surface area contributed by atoms with Crippen LogP contribution in [0.1, 0.15) is 25.3 Å².